The van der Waals surface area contributed by atoms with Gasteiger partial charge in [0.25, 0.3) is 5.69 Å². The summed E-state index contributed by atoms with van der Waals surface area (Å²) >= 11 is 10.4. The van der Waals surface area contributed by atoms with Crippen molar-refractivity contribution < 1.29 is 19.2 Å². The molecule has 7 nitrogen and oxygen atoms in total. The number of carbonyl (C=O) groups excluding carboxylic acids is 1. The number of esters is 1. The van der Waals surface area contributed by atoms with Crippen molar-refractivity contribution in [1.29, 1.82) is 0 Å². The van der Waals surface area contributed by atoms with Crippen LogP contribution in [0.15, 0.2) is 84.8 Å². The molecular formula is C23H13Br3N2O5. The molecule has 0 bridgehead atoms. The van der Waals surface area contributed by atoms with E-state index in [1.54, 1.807) is 18.2 Å². The van der Waals surface area contributed by atoms with Crippen LogP contribution in [-0.2, 0) is 16.1 Å². The van der Waals surface area contributed by atoms with Crippen molar-refractivity contribution in [2.75, 3.05) is 0 Å². The number of nitrogens with zero attached hydrogens (tertiary/aromatic N) is 2. The Morgan fingerprint density at radius 2 is 1.64 bits per heavy atom. The summed E-state index contributed by atoms with van der Waals surface area (Å²) in [5.41, 5.74) is 2.24. The van der Waals surface area contributed by atoms with E-state index in [-0.39, 0.29) is 17.3 Å². The lowest BCUT2D eigenvalue weighted by Crippen LogP contribution is -2.05. The highest BCUT2D eigenvalue weighted by atomic mass is 79.9. The summed E-state index contributed by atoms with van der Waals surface area (Å²) in [6, 6.07) is 17.1. The van der Waals surface area contributed by atoms with Gasteiger partial charge in [0.2, 0.25) is 5.90 Å². The van der Waals surface area contributed by atoms with Gasteiger partial charge in [-0.3, -0.25) is 10.1 Å². The summed E-state index contributed by atoms with van der Waals surface area (Å²) in [5, 5.41) is 10.8. The Bertz CT molecular complexity index is 1280. The number of benzene rings is 3. The number of aliphatic imine (C=N–C) groups is 1. The summed E-state index contributed by atoms with van der Waals surface area (Å²) in [4.78, 5) is 26.8. The van der Waals surface area contributed by atoms with E-state index in [1.165, 1.54) is 24.3 Å². The zero-order valence-corrected chi connectivity index (χ0v) is 21.4. The van der Waals surface area contributed by atoms with Gasteiger partial charge in [0.05, 0.1) is 13.9 Å². The molecule has 0 atom stereocenters. The average molecular weight is 637 g/mol. The second-order valence-electron chi connectivity index (χ2n) is 6.87. The number of nitro groups is 1. The Labute approximate surface area is 213 Å². The fourth-order valence-corrected chi connectivity index (χ4v) is 4.67. The molecule has 166 valence electrons. The standard InChI is InChI=1S/C23H13Br3N2O5/c24-16-5-1-13(2-6-16)12-32-21-18(25)9-14(10-19(21)26)11-20-23(29)33-22(27-20)15-3-7-17(8-4-15)28(30)31/h1-11H,12H2/b20-11-. The highest BCUT2D eigenvalue weighted by molar-refractivity contribution is 9.11. The first kappa shape index (κ1) is 23.3. The van der Waals surface area contributed by atoms with Gasteiger partial charge in [0.1, 0.15) is 12.4 Å². The van der Waals surface area contributed by atoms with E-state index in [2.05, 4.69) is 52.8 Å². The molecular weight excluding hydrogens is 624 g/mol. The maximum absolute atomic E-state index is 12.3. The van der Waals surface area contributed by atoms with E-state index < -0.39 is 10.9 Å². The molecule has 0 spiro atoms. The van der Waals surface area contributed by atoms with Crippen LogP contribution in [0.3, 0.4) is 0 Å². The molecule has 0 N–H and O–H groups in total. The topological polar surface area (TPSA) is 91.0 Å². The van der Waals surface area contributed by atoms with Crippen LogP contribution >= 0.6 is 47.8 Å². The van der Waals surface area contributed by atoms with Crippen molar-refractivity contribution in [3.8, 4) is 5.75 Å². The molecule has 1 heterocycles. The van der Waals surface area contributed by atoms with Crippen LogP contribution in [0.4, 0.5) is 5.69 Å². The third-order valence-corrected chi connectivity index (χ3v) is 6.27. The Balaban J connectivity index is 1.53. The molecule has 33 heavy (non-hydrogen) atoms. The minimum atomic E-state index is -0.605. The molecule has 3 aromatic rings. The summed E-state index contributed by atoms with van der Waals surface area (Å²) in [7, 11) is 0. The fraction of sp³-hybridized carbons (Fsp3) is 0.0435. The first-order valence-electron chi connectivity index (χ1n) is 9.44. The van der Waals surface area contributed by atoms with Crippen LogP contribution < -0.4 is 4.74 Å². The number of nitro benzene ring substituents is 1. The van der Waals surface area contributed by atoms with Gasteiger partial charge in [0, 0.05) is 22.2 Å². The van der Waals surface area contributed by atoms with Crippen molar-refractivity contribution in [1.82, 2.24) is 0 Å². The Hall–Kier alpha value is -2.82. The number of cyclic esters (lactones) is 1. The smallest absolute Gasteiger partial charge is 0.363 e. The van der Waals surface area contributed by atoms with E-state index >= 15 is 0 Å². The van der Waals surface area contributed by atoms with E-state index in [0.29, 0.717) is 32.4 Å². The van der Waals surface area contributed by atoms with E-state index in [9.17, 15) is 14.9 Å². The Kier molecular flexibility index (Phi) is 7.06. The first-order valence-corrected chi connectivity index (χ1v) is 11.8. The van der Waals surface area contributed by atoms with Crippen LogP contribution in [0.25, 0.3) is 6.08 Å². The second kappa shape index (κ2) is 9.98. The SMILES string of the molecule is O=C1OC(c2ccc([N+](=O)[O-])cc2)=N/C1=C\c1cc(Br)c(OCc2ccc(Br)cc2)c(Br)c1. The lowest BCUT2D eigenvalue weighted by molar-refractivity contribution is -0.384. The maximum Gasteiger partial charge on any atom is 0.363 e. The van der Waals surface area contributed by atoms with Crippen molar-refractivity contribution in [2.24, 2.45) is 4.99 Å². The fourth-order valence-electron chi connectivity index (χ4n) is 2.95. The third-order valence-electron chi connectivity index (χ3n) is 4.57. The van der Waals surface area contributed by atoms with Crippen LogP contribution in [0, 0.1) is 10.1 Å². The normalized spacial score (nSPS) is 14.2. The molecule has 3 aromatic carbocycles. The predicted octanol–water partition coefficient (Wildman–Crippen LogP) is 6.81. The molecule has 1 aliphatic rings. The lowest BCUT2D eigenvalue weighted by atomic mass is 10.2. The van der Waals surface area contributed by atoms with E-state index in [1.807, 2.05) is 24.3 Å². The van der Waals surface area contributed by atoms with Gasteiger partial charge in [-0.05, 0) is 85.5 Å². The van der Waals surface area contributed by atoms with Gasteiger partial charge >= 0.3 is 5.97 Å². The molecule has 0 saturated heterocycles. The monoisotopic (exact) mass is 634 g/mol. The largest absolute Gasteiger partial charge is 0.487 e. The van der Waals surface area contributed by atoms with Gasteiger partial charge in [-0.25, -0.2) is 9.79 Å². The van der Waals surface area contributed by atoms with E-state index in [4.69, 9.17) is 9.47 Å². The summed E-state index contributed by atoms with van der Waals surface area (Å²) < 4.78 is 13.6. The maximum atomic E-state index is 12.3. The summed E-state index contributed by atoms with van der Waals surface area (Å²) in [6.07, 6.45) is 1.59. The predicted molar refractivity (Wildman–Crippen MR) is 134 cm³/mol. The Morgan fingerprint density at radius 1 is 1.00 bits per heavy atom. The van der Waals surface area contributed by atoms with Gasteiger partial charge < -0.3 is 9.47 Å². The third kappa shape index (κ3) is 5.58. The van der Waals surface area contributed by atoms with Crippen LogP contribution in [-0.4, -0.2) is 16.8 Å². The molecule has 0 fully saturated rings. The molecule has 1 aliphatic heterocycles. The van der Waals surface area contributed by atoms with Crippen molar-refractivity contribution in [3.63, 3.8) is 0 Å². The minimum Gasteiger partial charge on any atom is -0.487 e. The van der Waals surface area contributed by atoms with Crippen molar-refractivity contribution >= 4 is 71.4 Å². The number of carbonyl (C=O) groups is 1. The van der Waals surface area contributed by atoms with Gasteiger partial charge in [-0.1, -0.05) is 28.1 Å². The number of halogens is 3. The number of ether oxygens (including phenoxy) is 2. The molecule has 4 rings (SSSR count). The Morgan fingerprint density at radius 3 is 2.24 bits per heavy atom. The average Bonchev–Trinajstić information content (AvgIpc) is 3.14. The number of hydrogen-bond donors (Lipinski definition) is 0. The molecule has 0 saturated carbocycles. The van der Waals surface area contributed by atoms with Crippen molar-refractivity contribution in [2.45, 2.75) is 6.61 Å². The molecule has 0 amide bonds. The summed E-state index contributed by atoms with van der Waals surface area (Å²) in [6.45, 7) is 0.389. The zero-order chi connectivity index (χ0) is 23.5. The molecule has 0 aliphatic carbocycles. The van der Waals surface area contributed by atoms with Gasteiger partial charge in [0.15, 0.2) is 5.70 Å². The van der Waals surface area contributed by atoms with Crippen LogP contribution in [0.1, 0.15) is 16.7 Å². The number of non-ortho nitro benzene ring substituents is 1. The zero-order valence-electron chi connectivity index (χ0n) is 16.6. The van der Waals surface area contributed by atoms with Crippen molar-refractivity contribution in [3.05, 3.63) is 107 Å². The number of rotatable bonds is 6. The molecule has 10 heteroatoms. The molecule has 0 aromatic heterocycles. The quantitative estimate of drug-likeness (QED) is 0.128. The minimum absolute atomic E-state index is 0.0587. The van der Waals surface area contributed by atoms with Gasteiger partial charge in [-0.15, -0.1) is 0 Å². The lowest BCUT2D eigenvalue weighted by Gasteiger charge is -2.11. The second-order valence-corrected chi connectivity index (χ2v) is 9.49. The van der Waals surface area contributed by atoms with Gasteiger partial charge in [-0.2, -0.15) is 0 Å². The number of hydrogen-bond acceptors (Lipinski definition) is 6. The van der Waals surface area contributed by atoms with Crippen LogP contribution in [0.5, 0.6) is 5.75 Å². The van der Waals surface area contributed by atoms with Crippen LogP contribution in [0.2, 0.25) is 0 Å². The highest BCUT2D eigenvalue weighted by Crippen LogP contribution is 2.36. The highest BCUT2D eigenvalue weighted by Gasteiger charge is 2.25. The summed E-state index contributed by atoms with van der Waals surface area (Å²) in [5.74, 6) is 0.115. The molecule has 0 unspecified atom stereocenters. The van der Waals surface area contributed by atoms with E-state index in [0.717, 1.165) is 10.0 Å². The first-order chi connectivity index (χ1) is 15.8. The molecule has 0 radical (unpaired) electrons.